The van der Waals surface area contributed by atoms with Crippen LogP contribution in [0.25, 0.3) is 0 Å². The van der Waals surface area contributed by atoms with Crippen LogP contribution in [0, 0.1) is 0 Å². The number of rotatable bonds is 6. The van der Waals surface area contributed by atoms with Gasteiger partial charge in [0.05, 0.1) is 33.6 Å². The molecule has 4 rings (SSSR count). The minimum Gasteiger partial charge on any atom is -0.493 e. The van der Waals surface area contributed by atoms with E-state index in [1.165, 1.54) is 29.8 Å². The Balaban J connectivity index is 1.71. The second kappa shape index (κ2) is 6.59. The largest absolute Gasteiger partial charge is 0.493 e. The normalized spacial score (nSPS) is 16.4. The van der Waals surface area contributed by atoms with Crippen LogP contribution < -0.4 is 19.5 Å². The van der Waals surface area contributed by atoms with Crippen LogP contribution in [0.5, 0.6) is 17.2 Å². The number of nitrogens with zero attached hydrogens (tertiary/aromatic N) is 2. The van der Waals surface area contributed by atoms with Gasteiger partial charge >= 0.3 is 0 Å². The molecule has 0 radical (unpaired) electrons. The summed E-state index contributed by atoms with van der Waals surface area (Å²) in [6.07, 6.45) is 3.57. The van der Waals surface area contributed by atoms with E-state index in [4.69, 9.17) is 19.3 Å². The molecule has 1 saturated carbocycles. The second-order valence-electron chi connectivity index (χ2n) is 6.70. The molecule has 0 bridgehead atoms. The summed E-state index contributed by atoms with van der Waals surface area (Å²) in [6.45, 7) is 2.67. The van der Waals surface area contributed by atoms with Crippen molar-refractivity contribution in [1.29, 1.82) is 0 Å². The number of aromatic nitrogens is 2. The van der Waals surface area contributed by atoms with Crippen LogP contribution in [0.4, 0.5) is 0 Å². The van der Waals surface area contributed by atoms with E-state index in [1.54, 1.807) is 21.3 Å². The topological polar surface area (TPSA) is 57.5 Å². The van der Waals surface area contributed by atoms with E-state index in [2.05, 4.69) is 10.00 Å². The maximum atomic E-state index is 5.48. The Morgan fingerprint density at radius 2 is 1.84 bits per heavy atom. The van der Waals surface area contributed by atoms with Gasteiger partial charge in [-0.05, 0) is 30.5 Å². The van der Waals surface area contributed by atoms with Gasteiger partial charge in [-0.3, -0.25) is 4.68 Å². The zero-order valence-corrected chi connectivity index (χ0v) is 15.1. The monoisotopic (exact) mass is 343 g/mol. The van der Waals surface area contributed by atoms with E-state index in [1.807, 2.05) is 12.1 Å². The van der Waals surface area contributed by atoms with Crippen LogP contribution in [0.1, 0.15) is 41.3 Å². The Bertz CT molecular complexity index is 755. The zero-order chi connectivity index (χ0) is 17.4. The predicted octanol–water partition coefficient (Wildman–Crippen LogP) is 2.48. The van der Waals surface area contributed by atoms with E-state index in [-0.39, 0.29) is 0 Å². The summed E-state index contributed by atoms with van der Waals surface area (Å²) >= 11 is 0. The molecule has 1 aliphatic carbocycles. The highest BCUT2D eigenvalue weighted by molar-refractivity contribution is 5.54. The molecular weight excluding hydrogens is 318 g/mol. The van der Waals surface area contributed by atoms with Crippen LogP contribution in [0.15, 0.2) is 12.1 Å². The molecule has 2 aliphatic rings. The van der Waals surface area contributed by atoms with Gasteiger partial charge in [-0.2, -0.15) is 5.10 Å². The van der Waals surface area contributed by atoms with Gasteiger partial charge in [0.1, 0.15) is 0 Å². The van der Waals surface area contributed by atoms with Gasteiger partial charge in [0.25, 0.3) is 0 Å². The van der Waals surface area contributed by atoms with Crippen LogP contribution >= 0.6 is 0 Å². The van der Waals surface area contributed by atoms with E-state index in [0.29, 0.717) is 29.7 Å². The van der Waals surface area contributed by atoms with E-state index < -0.39 is 0 Å². The summed E-state index contributed by atoms with van der Waals surface area (Å²) in [5, 5.41) is 8.45. The van der Waals surface area contributed by atoms with Crippen molar-refractivity contribution in [1.82, 2.24) is 15.1 Å². The third kappa shape index (κ3) is 2.95. The van der Waals surface area contributed by atoms with E-state index in [0.717, 1.165) is 25.1 Å². The molecule has 6 heteroatoms. The van der Waals surface area contributed by atoms with E-state index >= 15 is 0 Å². The summed E-state index contributed by atoms with van der Waals surface area (Å²) in [5.41, 5.74) is 5.19. The minimum absolute atomic E-state index is 0.624. The van der Waals surface area contributed by atoms with Gasteiger partial charge in [-0.25, -0.2) is 0 Å². The standard InChI is InChI=1S/C19H25N3O3/c1-23-16-8-12(9-17(24-2)19(16)25-3)11-22-15-6-7-20-10-14(15)18(21-22)13-4-5-13/h8-9,13,20H,4-7,10-11H2,1-3H3. The third-order valence-corrected chi connectivity index (χ3v) is 5.06. The quantitative estimate of drug-likeness (QED) is 0.873. The molecule has 1 aliphatic heterocycles. The lowest BCUT2D eigenvalue weighted by Gasteiger charge is -2.17. The highest BCUT2D eigenvalue weighted by atomic mass is 16.5. The van der Waals surface area contributed by atoms with Crippen molar-refractivity contribution in [2.24, 2.45) is 0 Å². The summed E-state index contributed by atoms with van der Waals surface area (Å²) in [7, 11) is 4.92. The van der Waals surface area contributed by atoms with Crippen LogP contribution in [0.2, 0.25) is 0 Å². The molecule has 0 saturated heterocycles. The van der Waals surface area contributed by atoms with Crippen LogP contribution in [-0.2, 0) is 19.5 Å². The Labute approximate surface area is 148 Å². The number of benzene rings is 1. The molecule has 1 aromatic heterocycles. The summed E-state index contributed by atoms with van der Waals surface area (Å²) in [6, 6.07) is 4.01. The Kier molecular flexibility index (Phi) is 4.29. The molecule has 2 aromatic rings. The zero-order valence-electron chi connectivity index (χ0n) is 15.1. The van der Waals surface area contributed by atoms with Gasteiger partial charge in [-0.1, -0.05) is 0 Å². The summed E-state index contributed by atoms with van der Waals surface area (Å²) in [4.78, 5) is 0. The van der Waals surface area contributed by atoms with Crippen LogP contribution in [-0.4, -0.2) is 37.7 Å². The highest BCUT2D eigenvalue weighted by Crippen LogP contribution is 2.43. The van der Waals surface area contributed by atoms with Crippen molar-refractivity contribution in [2.45, 2.75) is 38.3 Å². The van der Waals surface area contributed by atoms with Crippen molar-refractivity contribution in [2.75, 3.05) is 27.9 Å². The Morgan fingerprint density at radius 3 is 2.44 bits per heavy atom. The van der Waals surface area contributed by atoms with Crippen molar-refractivity contribution in [3.05, 3.63) is 34.6 Å². The number of methoxy groups -OCH3 is 3. The first kappa shape index (κ1) is 16.3. The molecule has 1 aromatic carbocycles. The van der Waals surface area contributed by atoms with Gasteiger partial charge < -0.3 is 19.5 Å². The van der Waals surface area contributed by atoms with Crippen molar-refractivity contribution < 1.29 is 14.2 Å². The Hall–Kier alpha value is -2.21. The Morgan fingerprint density at radius 1 is 1.12 bits per heavy atom. The first-order valence-corrected chi connectivity index (χ1v) is 8.83. The maximum absolute atomic E-state index is 5.48. The highest BCUT2D eigenvalue weighted by Gasteiger charge is 2.32. The fourth-order valence-electron chi connectivity index (χ4n) is 3.66. The molecule has 0 spiro atoms. The average Bonchev–Trinajstić information content (AvgIpc) is 3.44. The average molecular weight is 343 g/mol. The van der Waals surface area contributed by atoms with Gasteiger partial charge in [0.2, 0.25) is 5.75 Å². The number of nitrogens with one attached hydrogen (secondary N) is 1. The molecule has 0 unspecified atom stereocenters. The fraction of sp³-hybridized carbons (Fsp3) is 0.526. The lowest BCUT2D eigenvalue weighted by Crippen LogP contribution is -2.25. The van der Waals surface area contributed by atoms with Gasteiger partial charge in [0.15, 0.2) is 11.5 Å². The molecular formula is C19H25N3O3. The fourth-order valence-corrected chi connectivity index (χ4v) is 3.66. The second-order valence-corrected chi connectivity index (χ2v) is 6.70. The van der Waals surface area contributed by atoms with Gasteiger partial charge in [0, 0.05) is 36.7 Å². The van der Waals surface area contributed by atoms with Crippen LogP contribution in [0.3, 0.4) is 0 Å². The summed E-state index contributed by atoms with van der Waals surface area (Å²) < 4.78 is 18.5. The number of hydrogen-bond acceptors (Lipinski definition) is 5. The molecule has 134 valence electrons. The van der Waals surface area contributed by atoms with E-state index in [9.17, 15) is 0 Å². The third-order valence-electron chi connectivity index (χ3n) is 5.06. The smallest absolute Gasteiger partial charge is 0.203 e. The minimum atomic E-state index is 0.624. The molecule has 25 heavy (non-hydrogen) atoms. The summed E-state index contributed by atoms with van der Waals surface area (Å²) in [5.74, 6) is 2.65. The molecule has 0 amide bonds. The van der Waals surface area contributed by atoms with Gasteiger partial charge in [-0.15, -0.1) is 0 Å². The maximum Gasteiger partial charge on any atom is 0.203 e. The van der Waals surface area contributed by atoms with Crippen molar-refractivity contribution in [3.8, 4) is 17.2 Å². The number of fused-ring (bicyclic) bond motifs is 1. The molecule has 2 heterocycles. The molecule has 6 nitrogen and oxygen atoms in total. The first-order chi connectivity index (χ1) is 12.2. The van der Waals surface area contributed by atoms with Crippen molar-refractivity contribution in [3.63, 3.8) is 0 Å². The SMILES string of the molecule is COc1cc(Cn2nc(C3CC3)c3c2CCNC3)cc(OC)c1OC. The molecule has 0 atom stereocenters. The van der Waals surface area contributed by atoms with Crippen molar-refractivity contribution >= 4 is 0 Å². The molecule has 1 fully saturated rings. The first-order valence-electron chi connectivity index (χ1n) is 8.83. The molecule has 1 N–H and O–H groups in total. The lowest BCUT2D eigenvalue weighted by atomic mass is 10.0. The predicted molar refractivity (Wildman–Crippen MR) is 94.8 cm³/mol. The number of ether oxygens (including phenoxy) is 3. The lowest BCUT2D eigenvalue weighted by molar-refractivity contribution is 0.323. The number of hydrogen-bond donors (Lipinski definition) is 1.